The molecule has 0 aromatic rings. The lowest BCUT2D eigenvalue weighted by atomic mass is 10.2. The number of hydrogen-bond donors (Lipinski definition) is 1. The summed E-state index contributed by atoms with van der Waals surface area (Å²) in [5, 5.41) is 9.34. The van der Waals surface area contributed by atoms with E-state index in [1.54, 1.807) is 0 Å². The molecule has 3 atom stereocenters. The molecule has 0 aromatic heterocycles. The van der Waals surface area contributed by atoms with Crippen molar-refractivity contribution in [2.75, 3.05) is 26.5 Å². The van der Waals surface area contributed by atoms with E-state index in [0.29, 0.717) is 6.42 Å². The van der Waals surface area contributed by atoms with Crippen LogP contribution in [-0.4, -0.2) is 43.8 Å². The molecule has 1 saturated heterocycles. The molecule has 1 heterocycles. The van der Waals surface area contributed by atoms with Gasteiger partial charge < -0.3 is 14.4 Å². The van der Waals surface area contributed by atoms with Gasteiger partial charge in [-0.1, -0.05) is 0 Å². The summed E-state index contributed by atoms with van der Waals surface area (Å²) in [6.07, 6.45) is -0.879. The van der Waals surface area contributed by atoms with Gasteiger partial charge in [-0.25, -0.2) is 0 Å². The molecule has 0 aromatic carbocycles. The molecule has 0 saturated carbocycles. The monoisotopic (exact) mass is 196 g/mol. The van der Waals surface area contributed by atoms with Crippen molar-refractivity contribution in [2.24, 2.45) is 0 Å². The van der Waals surface area contributed by atoms with E-state index in [1.165, 1.54) is 13.3 Å². The lowest BCUT2D eigenvalue weighted by Crippen LogP contribution is -2.25. The lowest BCUT2D eigenvalue weighted by molar-refractivity contribution is 0.0121. The largest absolute Gasteiger partial charge is 0.390 e. The first-order chi connectivity index (χ1) is 5.88. The first-order valence-electron chi connectivity index (χ1n) is 4.41. The third-order valence-corrected chi connectivity index (χ3v) is 2.36. The average molecular weight is 196 g/mol. The minimum Gasteiger partial charge on any atom is -0.390 e. The van der Waals surface area contributed by atoms with Crippen LogP contribution in [0.25, 0.3) is 0 Å². The molecule has 2 unspecified atom stereocenters. The Balaban J connectivity index is 2.34. The zero-order valence-electron chi connectivity index (χ0n) is 8.27. The van der Waals surface area contributed by atoms with Crippen molar-refractivity contribution in [3.63, 3.8) is 0 Å². The summed E-state index contributed by atoms with van der Waals surface area (Å²) in [6, 6.07) is 0. The number of ether oxygens (including phenoxy) is 1. The van der Waals surface area contributed by atoms with Crippen LogP contribution in [0, 0.1) is 0 Å². The SMILES string of the molecule is [3H]C1CC(O)[C@@H](COP(C)(C)=O)O1. The highest BCUT2D eigenvalue weighted by Gasteiger charge is 2.27. The highest BCUT2D eigenvalue weighted by atomic mass is 31.2. The Labute approximate surface area is 73.7 Å². The van der Waals surface area contributed by atoms with E-state index in [9.17, 15) is 9.67 Å². The zero-order chi connectivity index (χ0) is 10.1. The Kier molecular flexibility index (Phi) is 2.81. The maximum atomic E-state index is 11.2. The topological polar surface area (TPSA) is 55.8 Å². The molecule has 1 rings (SSSR count). The predicted molar refractivity (Wildman–Crippen MR) is 45.8 cm³/mol. The van der Waals surface area contributed by atoms with Gasteiger partial charge in [-0.05, 0) is 6.42 Å². The van der Waals surface area contributed by atoms with E-state index in [4.69, 9.17) is 10.6 Å². The van der Waals surface area contributed by atoms with Crippen LogP contribution in [0.1, 0.15) is 7.79 Å². The van der Waals surface area contributed by atoms with Gasteiger partial charge in [0.25, 0.3) is 0 Å². The molecule has 0 bridgehead atoms. The first-order valence-corrected chi connectivity index (χ1v) is 6.36. The minimum absolute atomic E-state index is 0.0980. The Morgan fingerprint density at radius 3 is 2.92 bits per heavy atom. The van der Waals surface area contributed by atoms with E-state index in [1.807, 2.05) is 0 Å². The van der Waals surface area contributed by atoms with Crippen molar-refractivity contribution in [3.8, 4) is 0 Å². The van der Waals surface area contributed by atoms with Crippen LogP contribution in [0.3, 0.4) is 0 Å². The van der Waals surface area contributed by atoms with Crippen LogP contribution < -0.4 is 0 Å². The van der Waals surface area contributed by atoms with Gasteiger partial charge in [0.1, 0.15) is 6.10 Å². The molecule has 0 aliphatic carbocycles. The van der Waals surface area contributed by atoms with Crippen LogP contribution >= 0.6 is 7.37 Å². The third-order valence-electron chi connectivity index (χ3n) is 1.59. The average Bonchev–Trinajstić information content (AvgIpc) is 2.24. The van der Waals surface area contributed by atoms with Crippen molar-refractivity contribution in [1.82, 2.24) is 0 Å². The summed E-state index contributed by atoms with van der Waals surface area (Å²) in [5.41, 5.74) is 0. The molecule has 0 amide bonds. The van der Waals surface area contributed by atoms with Gasteiger partial charge in [0.15, 0.2) is 7.37 Å². The molecule has 72 valence electrons. The van der Waals surface area contributed by atoms with Gasteiger partial charge in [0, 0.05) is 19.9 Å². The molecule has 1 fully saturated rings. The Hall–Kier alpha value is 0.110. The van der Waals surface area contributed by atoms with Crippen LogP contribution in [0.15, 0.2) is 0 Å². The molecule has 0 radical (unpaired) electrons. The fraction of sp³-hybridized carbons (Fsp3) is 1.00. The summed E-state index contributed by atoms with van der Waals surface area (Å²) >= 11 is 0. The highest BCUT2D eigenvalue weighted by Crippen LogP contribution is 2.37. The standard InChI is InChI=1S/C7H15O4P/c1-12(2,9)11-5-7-6(8)3-4-10-7/h6-8H,3-5H2,1-2H3/t6?,7-/m1/s1/i4T/t4?,6?,7-. The number of rotatable bonds is 3. The minimum atomic E-state index is -2.52. The highest BCUT2D eigenvalue weighted by molar-refractivity contribution is 7.57. The van der Waals surface area contributed by atoms with Crippen molar-refractivity contribution in [3.05, 3.63) is 0 Å². The van der Waals surface area contributed by atoms with Crippen molar-refractivity contribution < 1.29 is 20.3 Å². The van der Waals surface area contributed by atoms with E-state index in [0.717, 1.165) is 0 Å². The Morgan fingerprint density at radius 2 is 2.50 bits per heavy atom. The van der Waals surface area contributed by atoms with Gasteiger partial charge in [-0.2, -0.15) is 0 Å². The Bertz CT molecular complexity index is 217. The maximum Gasteiger partial charge on any atom is 0.197 e. The van der Waals surface area contributed by atoms with E-state index in [-0.39, 0.29) is 6.61 Å². The summed E-state index contributed by atoms with van der Waals surface area (Å²) in [6.45, 7) is 2.43. The number of hydrogen-bond acceptors (Lipinski definition) is 4. The van der Waals surface area contributed by atoms with E-state index < -0.39 is 26.2 Å². The summed E-state index contributed by atoms with van der Waals surface area (Å²) < 4.78 is 28.4. The van der Waals surface area contributed by atoms with Crippen LogP contribution in [-0.2, 0) is 13.8 Å². The molecule has 5 heteroatoms. The molecule has 12 heavy (non-hydrogen) atoms. The predicted octanol–water partition coefficient (Wildman–Crippen LogP) is 0.690. The molecule has 1 N–H and O–H groups in total. The van der Waals surface area contributed by atoms with Gasteiger partial charge in [0.05, 0.1) is 14.1 Å². The molecule has 1 aliphatic rings. The smallest absolute Gasteiger partial charge is 0.197 e. The van der Waals surface area contributed by atoms with Gasteiger partial charge >= 0.3 is 0 Å². The van der Waals surface area contributed by atoms with Gasteiger partial charge in [-0.3, -0.25) is 4.57 Å². The second kappa shape index (κ2) is 3.88. The van der Waals surface area contributed by atoms with Crippen molar-refractivity contribution in [1.29, 1.82) is 0 Å². The van der Waals surface area contributed by atoms with E-state index >= 15 is 0 Å². The molecular weight excluding hydrogens is 179 g/mol. The molecule has 1 aliphatic heterocycles. The van der Waals surface area contributed by atoms with Gasteiger partial charge in [-0.15, -0.1) is 0 Å². The molecule has 4 nitrogen and oxygen atoms in total. The molecular formula is C7H15O4P. The fourth-order valence-corrected chi connectivity index (χ4v) is 1.43. The maximum absolute atomic E-state index is 11.2. The lowest BCUT2D eigenvalue weighted by Gasteiger charge is -2.15. The fourth-order valence-electron chi connectivity index (χ4n) is 0.924. The first kappa shape index (κ1) is 8.70. The normalized spacial score (nSPS) is 38.2. The van der Waals surface area contributed by atoms with Crippen LogP contribution in [0.2, 0.25) is 0 Å². The summed E-state index contributed by atoms with van der Waals surface area (Å²) in [5.74, 6) is 0. The Morgan fingerprint density at radius 1 is 1.83 bits per heavy atom. The second-order valence-corrected chi connectivity index (χ2v) is 5.95. The van der Waals surface area contributed by atoms with Crippen molar-refractivity contribution >= 4 is 7.37 Å². The van der Waals surface area contributed by atoms with Crippen LogP contribution in [0.5, 0.6) is 0 Å². The third kappa shape index (κ3) is 3.23. The van der Waals surface area contributed by atoms with Crippen LogP contribution in [0.4, 0.5) is 0 Å². The number of aliphatic hydroxyl groups is 1. The van der Waals surface area contributed by atoms with Gasteiger partial charge in [0.2, 0.25) is 0 Å². The summed E-state index contributed by atoms with van der Waals surface area (Å²) in [4.78, 5) is 0. The zero-order valence-corrected chi connectivity index (χ0v) is 8.16. The molecule has 0 spiro atoms. The number of aliphatic hydroxyl groups excluding tert-OH is 1. The van der Waals surface area contributed by atoms with Crippen molar-refractivity contribution in [2.45, 2.75) is 18.6 Å². The van der Waals surface area contributed by atoms with E-state index in [2.05, 4.69) is 0 Å². The summed E-state index contributed by atoms with van der Waals surface area (Å²) in [7, 11) is -2.52. The quantitative estimate of drug-likeness (QED) is 0.675. The second-order valence-electron chi connectivity index (χ2n) is 3.19.